The van der Waals surface area contributed by atoms with Gasteiger partial charge < -0.3 is 9.66 Å². The number of aliphatic hydroxyl groups is 1. The first-order chi connectivity index (χ1) is 9.79. The van der Waals surface area contributed by atoms with Gasteiger partial charge in [-0.25, -0.2) is 0 Å². The summed E-state index contributed by atoms with van der Waals surface area (Å²) >= 11 is -1.31. The Morgan fingerprint density at radius 3 is 2.50 bits per heavy atom. The van der Waals surface area contributed by atoms with Crippen molar-refractivity contribution in [2.45, 2.75) is 44.9 Å². The molecular formula is C13H24N4O2S. The molecule has 0 bridgehead atoms. The van der Waals surface area contributed by atoms with Crippen LogP contribution >= 0.6 is 11.1 Å². The SMILES string of the molecule is [O-][s+]1[nH]c(=NCCCCO)c(=NCC2CCCCC2)[nH]1. The van der Waals surface area contributed by atoms with Gasteiger partial charge in [0.2, 0.25) is 11.0 Å². The molecule has 1 heterocycles. The number of H-pyrrole nitrogens is 2. The monoisotopic (exact) mass is 300 g/mol. The number of hydrogen-bond donors (Lipinski definition) is 3. The third-order valence-electron chi connectivity index (χ3n) is 3.67. The molecule has 1 aliphatic carbocycles. The summed E-state index contributed by atoms with van der Waals surface area (Å²) in [5.74, 6) is 0.655. The summed E-state index contributed by atoms with van der Waals surface area (Å²) in [6.45, 7) is 1.59. The van der Waals surface area contributed by atoms with Crippen molar-refractivity contribution in [1.29, 1.82) is 0 Å². The highest BCUT2D eigenvalue weighted by molar-refractivity contribution is 7.13. The molecule has 0 spiro atoms. The Morgan fingerprint density at radius 2 is 1.80 bits per heavy atom. The fourth-order valence-electron chi connectivity index (χ4n) is 2.52. The predicted molar refractivity (Wildman–Crippen MR) is 77.6 cm³/mol. The van der Waals surface area contributed by atoms with Gasteiger partial charge in [-0.15, -0.1) is 0 Å². The average Bonchev–Trinajstić information content (AvgIpc) is 2.83. The van der Waals surface area contributed by atoms with Crippen LogP contribution in [-0.2, 0) is 0 Å². The number of nitrogens with one attached hydrogen (secondary N) is 2. The molecule has 1 aromatic rings. The molecule has 1 fully saturated rings. The zero-order valence-electron chi connectivity index (χ0n) is 11.8. The van der Waals surface area contributed by atoms with E-state index in [1.54, 1.807) is 0 Å². The van der Waals surface area contributed by atoms with Crippen molar-refractivity contribution >= 4 is 11.1 Å². The van der Waals surface area contributed by atoms with Crippen LogP contribution < -0.4 is 11.0 Å². The second-order valence-corrected chi connectivity index (χ2v) is 6.27. The number of nitrogens with zero attached hydrogens (tertiary/aromatic N) is 2. The number of aromatic nitrogens is 2. The first-order valence-corrected chi connectivity index (χ1v) is 8.60. The van der Waals surface area contributed by atoms with E-state index in [1.165, 1.54) is 32.1 Å². The lowest BCUT2D eigenvalue weighted by Gasteiger charge is -2.18. The minimum Gasteiger partial charge on any atom is -0.549 e. The topological polar surface area (TPSA) is 99.6 Å². The van der Waals surface area contributed by atoms with E-state index in [9.17, 15) is 4.55 Å². The summed E-state index contributed by atoms with van der Waals surface area (Å²) in [6, 6.07) is 0. The summed E-state index contributed by atoms with van der Waals surface area (Å²) in [7, 11) is 0. The standard InChI is InChI=1S/C13H24N4O2S/c18-9-5-4-8-14-12-13(17-20(19)16-12)15-10-11-6-2-1-3-7-11/h11,18H,1-10H2,(H,14,16)(H,15,17). The van der Waals surface area contributed by atoms with Crippen molar-refractivity contribution in [2.75, 3.05) is 19.7 Å². The van der Waals surface area contributed by atoms with E-state index >= 15 is 0 Å². The molecule has 0 amide bonds. The van der Waals surface area contributed by atoms with E-state index < -0.39 is 11.1 Å². The maximum atomic E-state index is 11.5. The maximum absolute atomic E-state index is 11.5. The zero-order chi connectivity index (χ0) is 14.2. The number of hydrogen-bond acceptors (Lipinski definition) is 4. The van der Waals surface area contributed by atoms with Crippen LogP contribution in [-0.4, -0.2) is 38.1 Å². The zero-order valence-corrected chi connectivity index (χ0v) is 12.6. The Bertz CT molecular complexity index is 511. The Morgan fingerprint density at radius 1 is 1.10 bits per heavy atom. The van der Waals surface area contributed by atoms with Crippen LogP contribution in [0.4, 0.5) is 0 Å². The van der Waals surface area contributed by atoms with Crippen LogP contribution in [0.5, 0.6) is 0 Å². The minimum atomic E-state index is -1.31. The Hall–Kier alpha value is -0.920. The molecule has 1 atom stereocenters. The molecule has 20 heavy (non-hydrogen) atoms. The van der Waals surface area contributed by atoms with Crippen molar-refractivity contribution in [2.24, 2.45) is 15.9 Å². The summed E-state index contributed by atoms with van der Waals surface area (Å²) in [5, 5.41) is 8.73. The minimum absolute atomic E-state index is 0.186. The third-order valence-corrected chi connectivity index (χ3v) is 4.43. The molecule has 2 rings (SSSR count). The number of aliphatic hydroxyl groups excluding tert-OH is 1. The number of rotatable bonds is 6. The highest BCUT2D eigenvalue weighted by Gasteiger charge is 2.12. The van der Waals surface area contributed by atoms with Crippen LogP contribution in [0.25, 0.3) is 0 Å². The summed E-state index contributed by atoms with van der Waals surface area (Å²) < 4.78 is 17.1. The van der Waals surface area contributed by atoms with E-state index in [4.69, 9.17) is 5.11 Å². The Labute approximate surface area is 121 Å². The van der Waals surface area contributed by atoms with E-state index in [0.717, 1.165) is 19.4 Å². The second-order valence-electron chi connectivity index (χ2n) is 5.33. The van der Waals surface area contributed by atoms with Gasteiger partial charge in [-0.3, -0.25) is 9.98 Å². The van der Waals surface area contributed by atoms with E-state index in [2.05, 4.69) is 18.7 Å². The van der Waals surface area contributed by atoms with Crippen LogP contribution in [0, 0.1) is 5.92 Å². The van der Waals surface area contributed by atoms with E-state index in [-0.39, 0.29) is 6.61 Å². The lowest BCUT2D eigenvalue weighted by atomic mass is 9.89. The van der Waals surface area contributed by atoms with Crippen molar-refractivity contribution < 1.29 is 9.66 Å². The van der Waals surface area contributed by atoms with E-state index in [1.807, 2.05) is 0 Å². The smallest absolute Gasteiger partial charge is 0.219 e. The van der Waals surface area contributed by atoms with Crippen molar-refractivity contribution in [3.63, 3.8) is 0 Å². The van der Waals surface area contributed by atoms with Crippen LogP contribution in [0.3, 0.4) is 0 Å². The first kappa shape index (κ1) is 15.5. The van der Waals surface area contributed by atoms with E-state index in [0.29, 0.717) is 23.4 Å². The van der Waals surface area contributed by atoms with Gasteiger partial charge in [0.25, 0.3) is 0 Å². The fourth-order valence-corrected chi connectivity index (χ4v) is 3.24. The van der Waals surface area contributed by atoms with Gasteiger partial charge >= 0.3 is 0 Å². The number of aromatic amines is 2. The van der Waals surface area contributed by atoms with Gasteiger partial charge in [0.1, 0.15) is 11.1 Å². The molecule has 1 aliphatic rings. The van der Waals surface area contributed by atoms with Gasteiger partial charge in [-0.2, -0.15) is 8.75 Å². The second kappa shape index (κ2) is 8.39. The van der Waals surface area contributed by atoms with Gasteiger partial charge in [0, 0.05) is 19.7 Å². The normalized spacial score (nSPS) is 19.8. The largest absolute Gasteiger partial charge is 0.549 e. The quantitative estimate of drug-likeness (QED) is 0.543. The molecule has 3 N–H and O–H groups in total. The summed E-state index contributed by atoms with van der Waals surface area (Å²) in [6.07, 6.45) is 8.00. The van der Waals surface area contributed by atoms with Gasteiger partial charge in [-0.1, -0.05) is 19.3 Å². The van der Waals surface area contributed by atoms with Crippen molar-refractivity contribution in [1.82, 2.24) is 8.75 Å². The molecule has 1 unspecified atom stereocenters. The molecule has 0 aliphatic heterocycles. The lowest BCUT2D eigenvalue weighted by Crippen LogP contribution is -2.27. The Balaban J connectivity index is 2.02. The van der Waals surface area contributed by atoms with Gasteiger partial charge in [0.15, 0.2) is 0 Å². The molecule has 6 nitrogen and oxygen atoms in total. The number of unbranched alkanes of at least 4 members (excludes halogenated alkanes) is 1. The molecule has 1 aromatic heterocycles. The molecule has 114 valence electrons. The third kappa shape index (κ3) is 4.88. The summed E-state index contributed by atoms with van der Waals surface area (Å²) in [4.78, 5) is 8.91. The highest BCUT2D eigenvalue weighted by Crippen LogP contribution is 2.23. The molecule has 0 saturated heterocycles. The van der Waals surface area contributed by atoms with Gasteiger partial charge in [0.05, 0.1) is 0 Å². The van der Waals surface area contributed by atoms with Crippen molar-refractivity contribution in [3.8, 4) is 0 Å². The predicted octanol–water partition coefficient (Wildman–Crippen LogP) is 1.22. The van der Waals surface area contributed by atoms with Crippen LogP contribution in [0.1, 0.15) is 44.9 Å². The molecular weight excluding hydrogens is 276 g/mol. The first-order valence-electron chi connectivity index (χ1n) is 7.45. The maximum Gasteiger partial charge on any atom is 0.219 e. The summed E-state index contributed by atoms with van der Waals surface area (Å²) in [5.41, 5.74) is 1.22. The molecule has 7 heteroatoms. The van der Waals surface area contributed by atoms with Crippen molar-refractivity contribution in [3.05, 3.63) is 11.0 Å². The molecule has 0 aromatic carbocycles. The highest BCUT2D eigenvalue weighted by atomic mass is 32.2. The van der Waals surface area contributed by atoms with Crippen LogP contribution in [0.2, 0.25) is 0 Å². The Kier molecular flexibility index (Phi) is 6.49. The average molecular weight is 300 g/mol. The van der Waals surface area contributed by atoms with Gasteiger partial charge in [-0.05, 0) is 31.6 Å². The van der Waals surface area contributed by atoms with Crippen LogP contribution in [0.15, 0.2) is 9.98 Å². The molecule has 1 saturated carbocycles. The fraction of sp³-hybridized carbons (Fsp3) is 0.846. The lowest BCUT2D eigenvalue weighted by molar-refractivity contribution is 0.285. The molecule has 0 radical (unpaired) electrons.